The van der Waals surface area contributed by atoms with Crippen LogP contribution >= 0.6 is 0 Å². The van der Waals surface area contributed by atoms with Crippen molar-refractivity contribution < 1.29 is 19.8 Å². The molecule has 0 aromatic rings. The van der Waals surface area contributed by atoms with Gasteiger partial charge in [0.2, 0.25) is 0 Å². The molecule has 3 fully saturated rings. The SMILES string of the molecule is O=C(O)C1CCC(CCN(CCC2CCC(C(=O)O)C2)C2CCCC2)C1. The number of hydrogen-bond donors (Lipinski definition) is 2. The predicted molar refractivity (Wildman–Crippen MR) is 100.0 cm³/mol. The maximum absolute atomic E-state index is 11.2. The third-order valence-electron chi connectivity index (χ3n) is 7.27. The Bertz CT molecular complexity index is 452. The van der Waals surface area contributed by atoms with Gasteiger partial charge >= 0.3 is 11.9 Å². The molecule has 3 saturated carbocycles. The van der Waals surface area contributed by atoms with Crippen LogP contribution in [0.2, 0.25) is 0 Å². The van der Waals surface area contributed by atoms with Crippen LogP contribution in [-0.2, 0) is 9.59 Å². The average molecular weight is 366 g/mol. The summed E-state index contributed by atoms with van der Waals surface area (Å²) < 4.78 is 0. The summed E-state index contributed by atoms with van der Waals surface area (Å²) in [7, 11) is 0. The molecule has 4 unspecified atom stereocenters. The molecule has 4 atom stereocenters. The molecular weight excluding hydrogens is 330 g/mol. The number of carbonyl (C=O) groups is 2. The van der Waals surface area contributed by atoms with Crippen LogP contribution < -0.4 is 0 Å². The largest absolute Gasteiger partial charge is 0.481 e. The fourth-order valence-electron chi connectivity index (χ4n) is 5.57. The van der Waals surface area contributed by atoms with E-state index < -0.39 is 11.9 Å². The van der Waals surface area contributed by atoms with Crippen molar-refractivity contribution in [3.63, 3.8) is 0 Å². The Hall–Kier alpha value is -1.10. The van der Waals surface area contributed by atoms with Gasteiger partial charge in [-0.3, -0.25) is 9.59 Å². The van der Waals surface area contributed by atoms with Gasteiger partial charge in [-0.1, -0.05) is 12.8 Å². The van der Waals surface area contributed by atoms with E-state index in [4.69, 9.17) is 0 Å². The molecule has 0 spiro atoms. The van der Waals surface area contributed by atoms with E-state index >= 15 is 0 Å². The van der Waals surface area contributed by atoms with Gasteiger partial charge in [0.1, 0.15) is 0 Å². The molecule has 5 nitrogen and oxygen atoms in total. The lowest BCUT2D eigenvalue weighted by molar-refractivity contribution is -0.142. The lowest BCUT2D eigenvalue weighted by Crippen LogP contribution is -2.36. The highest BCUT2D eigenvalue weighted by atomic mass is 16.4. The molecule has 148 valence electrons. The van der Waals surface area contributed by atoms with E-state index in [1.54, 1.807) is 0 Å². The minimum atomic E-state index is -0.616. The first-order valence-corrected chi connectivity index (χ1v) is 10.7. The van der Waals surface area contributed by atoms with Crippen LogP contribution in [0.4, 0.5) is 0 Å². The van der Waals surface area contributed by atoms with E-state index in [1.165, 1.54) is 25.7 Å². The lowest BCUT2D eigenvalue weighted by Gasteiger charge is -2.31. The minimum Gasteiger partial charge on any atom is -0.481 e. The number of carboxylic acid groups (broad SMARTS) is 2. The predicted octanol–water partition coefficient (Wildman–Crippen LogP) is 4.01. The minimum absolute atomic E-state index is 0.119. The van der Waals surface area contributed by atoms with Gasteiger partial charge in [0.15, 0.2) is 0 Å². The summed E-state index contributed by atoms with van der Waals surface area (Å²) in [5, 5.41) is 18.4. The highest BCUT2D eigenvalue weighted by Crippen LogP contribution is 2.36. The first-order chi connectivity index (χ1) is 12.5. The fourth-order valence-corrected chi connectivity index (χ4v) is 5.57. The molecule has 3 aliphatic carbocycles. The fraction of sp³-hybridized carbons (Fsp3) is 0.905. The Morgan fingerprint density at radius 1 is 0.731 bits per heavy atom. The maximum Gasteiger partial charge on any atom is 0.306 e. The van der Waals surface area contributed by atoms with Gasteiger partial charge in [0.25, 0.3) is 0 Å². The Morgan fingerprint density at radius 2 is 1.19 bits per heavy atom. The van der Waals surface area contributed by atoms with E-state index in [0.29, 0.717) is 17.9 Å². The van der Waals surface area contributed by atoms with Crippen molar-refractivity contribution in [2.45, 2.75) is 83.1 Å². The molecule has 0 aromatic carbocycles. The zero-order valence-electron chi connectivity index (χ0n) is 15.9. The Morgan fingerprint density at radius 3 is 1.58 bits per heavy atom. The van der Waals surface area contributed by atoms with Crippen molar-refractivity contribution in [2.75, 3.05) is 13.1 Å². The Balaban J connectivity index is 1.45. The third-order valence-corrected chi connectivity index (χ3v) is 7.27. The lowest BCUT2D eigenvalue weighted by atomic mass is 9.99. The monoisotopic (exact) mass is 365 g/mol. The molecule has 0 aliphatic heterocycles. The van der Waals surface area contributed by atoms with E-state index in [9.17, 15) is 19.8 Å². The second-order valence-electron chi connectivity index (χ2n) is 8.98. The summed E-state index contributed by atoms with van der Waals surface area (Å²) in [6.07, 6.45) is 13.1. The van der Waals surface area contributed by atoms with Crippen molar-refractivity contribution in [3.05, 3.63) is 0 Å². The van der Waals surface area contributed by atoms with E-state index in [-0.39, 0.29) is 11.8 Å². The van der Waals surface area contributed by atoms with Gasteiger partial charge < -0.3 is 15.1 Å². The van der Waals surface area contributed by atoms with Crippen LogP contribution in [0, 0.1) is 23.7 Å². The smallest absolute Gasteiger partial charge is 0.306 e. The second kappa shape index (κ2) is 9.20. The molecule has 5 heteroatoms. The Labute approximate surface area is 157 Å². The summed E-state index contributed by atoms with van der Waals surface area (Å²) in [4.78, 5) is 25.0. The van der Waals surface area contributed by atoms with Gasteiger partial charge in [0, 0.05) is 6.04 Å². The topological polar surface area (TPSA) is 77.8 Å². The molecule has 26 heavy (non-hydrogen) atoms. The van der Waals surface area contributed by atoms with Gasteiger partial charge in [-0.05, 0) is 89.1 Å². The van der Waals surface area contributed by atoms with Crippen molar-refractivity contribution in [1.29, 1.82) is 0 Å². The zero-order chi connectivity index (χ0) is 18.5. The van der Waals surface area contributed by atoms with Crippen molar-refractivity contribution in [2.24, 2.45) is 23.7 Å². The highest BCUT2D eigenvalue weighted by molar-refractivity contribution is 5.70. The number of rotatable bonds is 9. The molecule has 3 rings (SSSR count). The molecule has 0 aromatic heterocycles. The molecule has 0 heterocycles. The zero-order valence-corrected chi connectivity index (χ0v) is 15.9. The third kappa shape index (κ3) is 5.21. The maximum atomic E-state index is 11.2. The summed E-state index contributed by atoms with van der Waals surface area (Å²) in [5.41, 5.74) is 0. The molecule has 0 bridgehead atoms. The summed E-state index contributed by atoms with van der Waals surface area (Å²) in [6, 6.07) is 0.698. The second-order valence-corrected chi connectivity index (χ2v) is 8.98. The van der Waals surface area contributed by atoms with Crippen molar-refractivity contribution in [3.8, 4) is 0 Å². The van der Waals surface area contributed by atoms with Crippen LogP contribution in [0.5, 0.6) is 0 Å². The van der Waals surface area contributed by atoms with Crippen LogP contribution in [-0.4, -0.2) is 46.2 Å². The average Bonchev–Trinajstić information content (AvgIpc) is 3.36. The molecule has 0 amide bonds. The highest BCUT2D eigenvalue weighted by Gasteiger charge is 2.32. The molecule has 0 radical (unpaired) electrons. The number of carboxylic acids is 2. The Kier molecular flexibility index (Phi) is 6.96. The van der Waals surface area contributed by atoms with E-state index in [1.807, 2.05) is 0 Å². The summed E-state index contributed by atoms with van der Waals surface area (Å²) in [6.45, 7) is 2.19. The number of aliphatic carboxylic acids is 2. The van der Waals surface area contributed by atoms with Crippen molar-refractivity contribution >= 4 is 11.9 Å². The summed E-state index contributed by atoms with van der Waals surface area (Å²) in [5.74, 6) is -0.327. The number of nitrogens with zero attached hydrogens (tertiary/aromatic N) is 1. The standard InChI is InChI=1S/C21H35NO4/c23-20(24)17-7-5-15(13-17)9-11-22(19-3-1-2-4-19)12-10-16-6-8-18(14-16)21(25)26/h15-19H,1-14H2,(H,23,24)(H,25,26). The van der Waals surface area contributed by atoms with Crippen LogP contribution in [0.15, 0.2) is 0 Å². The summed E-state index contributed by atoms with van der Waals surface area (Å²) >= 11 is 0. The number of hydrogen-bond acceptors (Lipinski definition) is 3. The first-order valence-electron chi connectivity index (χ1n) is 10.7. The van der Waals surface area contributed by atoms with Crippen LogP contribution in [0.1, 0.15) is 77.0 Å². The normalized spacial score (nSPS) is 32.5. The van der Waals surface area contributed by atoms with Gasteiger partial charge in [-0.2, -0.15) is 0 Å². The van der Waals surface area contributed by atoms with Gasteiger partial charge in [-0.25, -0.2) is 0 Å². The van der Waals surface area contributed by atoms with Crippen LogP contribution in [0.25, 0.3) is 0 Å². The van der Waals surface area contributed by atoms with Crippen LogP contribution in [0.3, 0.4) is 0 Å². The molecule has 3 aliphatic rings. The van der Waals surface area contributed by atoms with Crippen molar-refractivity contribution in [1.82, 2.24) is 4.90 Å². The van der Waals surface area contributed by atoms with E-state index in [2.05, 4.69) is 4.90 Å². The molecular formula is C21H35NO4. The first kappa shape index (κ1) is 19.7. The molecule has 2 N–H and O–H groups in total. The van der Waals surface area contributed by atoms with Gasteiger partial charge in [-0.15, -0.1) is 0 Å². The van der Waals surface area contributed by atoms with Gasteiger partial charge in [0.05, 0.1) is 11.8 Å². The van der Waals surface area contributed by atoms with E-state index in [0.717, 1.165) is 64.5 Å². The molecule has 0 saturated heterocycles. The quantitative estimate of drug-likeness (QED) is 0.645.